The molecule has 0 bridgehead atoms. The molecule has 0 aliphatic carbocycles. The number of carbonyl (C=O) groups is 1. The summed E-state index contributed by atoms with van der Waals surface area (Å²) < 4.78 is 29.4. The third kappa shape index (κ3) is 4.83. The fraction of sp³-hybridized carbons (Fsp3) is 0.273. The van der Waals surface area contributed by atoms with E-state index in [1.165, 1.54) is 5.01 Å². The number of nitrogens with zero attached hydrogens (tertiary/aromatic N) is 3. The lowest BCUT2D eigenvalue weighted by molar-refractivity contribution is -0.0631. The van der Waals surface area contributed by atoms with E-state index in [0.717, 1.165) is 10.0 Å². The van der Waals surface area contributed by atoms with E-state index in [-0.39, 0.29) is 31.6 Å². The van der Waals surface area contributed by atoms with Crippen molar-refractivity contribution >= 4 is 45.0 Å². The molecule has 2 heterocycles. The Labute approximate surface area is 202 Å². The Morgan fingerprint density at radius 1 is 1.12 bits per heavy atom. The quantitative estimate of drug-likeness (QED) is 0.420. The summed E-state index contributed by atoms with van der Waals surface area (Å²) in [5.41, 5.74) is 5.63. The minimum Gasteiger partial charge on any atom is -0.283 e. The molecule has 0 unspecified atom stereocenters. The van der Waals surface area contributed by atoms with E-state index in [4.69, 9.17) is 23.2 Å². The van der Waals surface area contributed by atoms with E-state index in [0.29, 0.717) is 27.0 Å². The number of benzene rings is 2. The van der Waals surface area contributed by atoms with Gasteiger partial charge in [0.05, 0.1) is 16.4 Å². The minimum atomic E-state index is -2.70. The molecular formula is C22H19BrCl2F2N4O. The van der Waals surface area contributed by atoms with E-state index in [1.807, 2.05) is 24.3 Å². The zero-order chi connectivity index (χ0) is 23.0. The number of piperidine rings is 1. The van der Waals surface area contributed by atoms with Crippen LogP contribution in [0.2, 0.25) is 10.0 Å². The van der Waals surface area contributed by atoms with Gasteiger partial charge in [0, 0.05) is 46.6 Å². The van der Waals surface area contributed by atoms with Gasteiger partial charge in [0.25, 0.3) is 11.8 Å². The first-order valence-electron chi connectivity index (χ1n) is 9.89. The Hall–Kier alpha value is -2.00. The molecule has 0 atom stereocenters. The number of carbonyl (C=O) groups excluding carboxylic acids is 1. The predicted octanol–water partition coefficient (Wildman–Crippen LogP) is 6.29. The van der Waals surface area contributed by atoms with Gasteiger partial charge in [0.15, 0.2) is 5.69 Å². The SMILES string of the molecule is Cc1c(C(=O)NN2CCC(F)(F)CC2)nn(-c2ccc(Cl)cc2Cl)c1-c1ccc(Br)cc1. The van der Waals surface area contributed by atoms with E-state index < -0.39 is 11.8 Å². The summed E-state index contributed by atoms with van der Waals surface area (Å²) in [7, 11) is 0. The summed E-state index contributed by atoms with van der Waals surface area (Å²) >= 11 is 15.9. The Morgan fingerprint density at radius 2 is 1.78 bits per heavy atom. The van der Waals surface area contributed by atoms with Crippen LogP contribution < -0.4 is 5.43 Å². The van der Waals surface area contributed by atoms with Gasteiger partial charge < -0.3 is 0 Å². The number of halogens is 5. The van der Waals surface area contributed by atoms with Gasteiger partial charge in [-0.25, -0.2) is 18.5 Å². The highest BCUT2D eigenvalue weighted by molar-refractivity contribution is 9.10. The molecule has 0 radical (unpaired) electrons. The summed E-state index contributed by atoms with van der Waals surface area (Å²) in [5.74, 6) is -3.16. The third-order valence-electron chi connectivity index (χ3n) is 5.35. The molecule has 1 aromatic heterocycles. The van der Waals surface area contributed by atoms with Crippen molar-refractivity contribution in [3.63, 3.8) is 0 Å². The molecular weight excluding hydrogens is 525 g/mol. The van der Waals surface area contributed by atoms with Crippen molar-refractivity contribution in [3.8, 4) is 16.9 Å². The van der Waals surface area contributed by atoms with Crippen molar-refractivity contribution in [2.24, 2.45) is 0 Å². The van der Waals surface area contributed by atoms with E-state index >= 15 is 0 Å². The lowest BCUT2D eigenvalue weighted by Crippen LogP contribution is -2.49. The van der Waals surface area contributed by atoms with Crippen LogP contribution in [0, 0.1) is 6.92 Å². The average Bonchev–Trinajstić information content (AvgIpc) is 3.07. The van der Waals surface area contributed by atoms with Crippen LogP contribution in [0.1, 0.15) is 28.9 Å². The predicted molar refractivity (Wildman–Crippen MR) is 125 cm³/mol. The first kappa shape index (κ1) is 23.2. The molecule has 1 N–H and O–H groups in total. The number of nitrogens with one attached hydrogen (secondary N) is 1. The maximum absolute atomic E-state index is 13.4. The molecule has 1 aliphatic heterocycles. The Morgan fingerprint density at radius 3 is 2.41 bits per heavy atom. The maximum atomic E-state index is 13.4. The number of amides is 1. The zero-order valence-electron chi connectivity index (χ0n) is 17.0. The molecule has 4 rings (SSSR count). The topological polar surface area (TPSA) is 50.2 Å². The van der Waals surface area contributed by atoms with Gasteiger partial charge >= 0.3 is 0 Å². The van der Waals surface area contributed by atoms with Crippen molar-refractivity contribution in [1.29, 1.82) is 0 Å². The van der Waals surface area contributed by atoms with Crippen molar-refractivity contribution < 1.29 is 13.6 Å². The van der Waals surface area contributed by atoms with Crippen molar-refractivity contribution in [2.75, 3.05) is 13.1 Å². The summed E-state index contributed by atoms with van der Waals surface area (Å²) in [6.07, 6.45) is -0.601. The van der Waals surface area contributed by atoms with Gasteiger partial charge in [0.1, 0.15) is 0 Å². The molecule has 0 spiro atoms. The molecule has 32 heavy (non-hydrogen) atoms. The van der Waals surface area contributed by atoms with Gasteiger partial charge in [0.2, 0.25) is 0 Å². The number of alkyl halides is 2. The van der Waals surface area contributed by atoms with Crippen LogP contribution in [0.15, 0.2) is 46.9 Å². The first-order valence-corrected chi connectivity index (χ1v) is 11.4. The Balaban J connectivity index is 1.74. The Bertz CT molecular complexity index is 1160. The lowest BCUT2D eigenvalue weighted by Gasteiger charge is -2.31. The van der Waals surface area contributed by atoms with Gasteiger partial charge in [-0.2, -0.15) is 5.10 Å². The first-order chi connectivity index (χ1) is 15.1. The normalized spacial score (nSPS) is 16.2. The van der Waals surface area contributed by atoms with Crippen LogP contribution in [0.3, 0.4) is 0 Å². The van der Waals surface area contributed by atoms with Crippen LogP contribution in [-0.2, 0) is 0 Å². The average molecular weight is 544 g/mol. The maximum Gasteiger partial charge on any atom is 0.286 e. The molecule has 1 fully saturated rings. The smallest absolute Gasteiger partial charge is 0.283 e. The second-order valence-corrected chi connectivity index (χ2v) is 9.38. The van der Waals surface area contributed by atoms with E-state index in [9.17, 15) is 13.6 Å². The molecule has 5 nitrogen and oxygen atoms in total. The number of aromatic nitrogens is 2. The third-order valence-corrected chi connectivity index (χ3v) is 6.41. The molecule has 10 heteroatoms. The van der Waals surface area contributed by atoms with Gasteiger partial charge in [-0.05, 0) is 37.3 Å². The van der Waals surface area contributed by atoms with E-state index in [1.54, 1.807) is 29.8 Å². The summed E-state index contributed by atoms with van der Waals surface area (Å²) in [5, 5.41) is 6.92. The van der Waals surface area contributed by atoms with Gasteiger partial charge in [-0.3, -0.25) is 10.2 Å². The van der Waals surface area contributed by atoms with Crippen molar-refractivity contribution in [3.05, 3.63) is 68.2 Å². The summed E-state index contributed by atoms with van der Waals surface area (Å²) in [4.78, 5) is 13.0. The summed E-state index contributed by atoms with van der Waals surface area (Å²) in [6, 6.07) is 12.6. The second-order valence-electron chi connectivity index (χ2n) is 7.62. The molecule has 1 aliphatic rings. The number of hydrogen-bond acceptors (Lipinski definition) is 3. The molecule has 168 valence electrons. The number of rotatable bonds is 4. The van der Waals surface area contributed by atoms with Crippen molar-refractivity contribution in [1.82, 2.24) is 20.2 Å². The van der Waals surface area contributed by atoms with Crippen LogP contribution in [0.5, 0.6) is 0 Å². The van der Waals surface area contributed by atoms with Crippen LogP contribution in [-0.4, -0.2) is 39.7 Å². The zero-order valence-corrected chi connectivity index (χ0v) is 20.1. The lowest BCUT2D eigenvalue weighted by atomic mass is 10.1. The molecule has 1 saturated heterocycles. The highest BCUT2D eigenvalue weighted by atomic mass is 79.9. The molecule has 1 amide bonds. The standard InChI is InChI=1S/C22H19BrCl2F2N4O/c1-13-19(21(32)29-30-10-8-22(26,27)9-11-30)28-31(18-7-6-16(24)12-17(18)25)20(13)14-2-4-15(23)5-3-14/h2-7,12H,8-11H2,1H3,(H,29,32). The molecule has 3 aromatic rings. The van der Waals surface area contributed by atoms with Crippen LogP contribution in [0.4, 0.5) is 8.78 Å². The van der Waals surface area contributed by atoms with Gasteiger partial charge in [-0.1, -0.05) is 51.3 Å². The van der Waals surface area contributed by atoms with E-state index in [2.05, 4.69) is 26.5 Å². The van der Waals surface area contributed by atoms with Crippen molar-refractivity contribution in [2.45, 2.75) is 25.7 Å². The Kier molecular flexibility index (Phi) is 6.58. The monoisotopic (exact) mass is 542 g/mol. The fourth-order valence-corrected chi connectivity index (χ4v) is 4.38. The van der Waals surface area contributed by atoms with Crippen LogP contribution >= 0.6 is 39.1 Å². The summed E-state index contributed by atoms with van der Waals surface area (Å²) in [6.45, 7) is 1.94. The van der Waals surface area contributed by atoms with Crippen LogP contribution in [0.25, 0.3) is 16.9 Å². The fourth-order valence-electron chi connectivity index (χ4n) is 3.63. The highest BCUT2D eigenvalue weighted by Gasteiger charge is 2.35. The largest absolute Gasteiger partial charge is 0.286 e. The second kappa shape index (κ2) is 9.09. The molecule has 0 saturated carbocycles. The number of hydrazine groups is 1. The number of hydrogen-bond donors (Lipinski definition) is 1. The van der Waals surface area contributed by atoms with Gasteiger partial charge in [-0.15, -0.1) is 0 Å². The molecule has 2 aromatic carbocycles. The highest BCUT2D eigenvalue weighted by Crippen LogP contribution is 2.33. The minimum absolute atomic E-state index is 0.0705.